The maximum absolute atomic E-state index is 13.8. The zero-order valence-electron chi connectivity index (χ0n) is 39.0. The Balaban J connectivity index is 1.69. The molecule has 0 aliphatic carbocycles. The second-order valence-corrected chi connectivity index (χ2v) is 17.1. The fourth-order valence-electron chi connectivity index (χ4n) is 7.12. The number of rotatable bonds is 26. The number of carboxylic acid groups (broad SMARTS) is 2. The predicted molar refractivity (Wildman–Crippen MR) is 244 cm³/mol. The monoisotopic (exact) mass is 985 g/mol. The molecule has 2 aromatic carbocycles. The number of hydrogen-bond donors (Lipinski definition) is 14. The molecule has 15 N–H and O–H groups in total. The van der Waals surface area contributed by atoms with Crippen molar-refractivity contribution in [2.45, 2.75) is 120 Å². The van der Waals surface area contributed by atoms with Gasteiger partial charge in [0.25, 0.3) is 0 Å². The fraction of sp³-hybridized carbons (Fsp3) is 0.511. The predicted octanol–water partition coefficient (Wildman–Crippen LogP) is -4.51. The lowest BCUT2D eigenvalue weighted by Crippen LogP contribution is -2.61. The van der Waals surface area contributed by atoms with E-state index in [9.17, 15) is 78.6 Å². The number of carboxylic acids is 2. The molecule has 25 heteroatoms. The molecule has 1 heterocycles. The summed E-state index contributed by atoms with van der Waals surface area (Å²) in [4.78, 5) is 132. The van der Waals surface area contributed by atoms with E-state index in [4.69, 9.17) is 5.73 Å². The molecule has 1 aliphatic rings. The lowest BCUT2D eigenvalue weighted by atomic mass is 10.0. The first-order chi connectivity index (χ1) is 32.9. The first-order valence-corrected chi connectivity index (χ1v) is 22.3. The normalized spacial score (nSPS) is 17.2. The minimum atomic E-state index is -1.86. The summed E-state index contributed by atoms with van der Waals surface area (Å²) >= 11 is 0. The average Bonchev–Trinajstić information content (AvgIpc) is 3.80. The number of nitrogens with one attached hydrogen (secondary N) is 7. The lowest BCUT2D eigenvalue weighted by molar-refractivity contribution is -0.145. The third-order valence-electron chi connectivity index (χ3n) is 11.1. The number of benzene rings is 2. The number of likely N-dealkylation sites (tertiary alicyclic amines) is 1. The molecule has 1 aliphatic heterocycles. The van der Waals surface area contributed by atoms with Crippen LogP contribution in [0.5, 0.6) is 5.75 Å². The second-order valence-electron chi connectivity index (χ2n) is 17.1. The molecule has 70 heavy (non-hydrogen) atoms. The molecule has 0 spiro atoms. The zero-order chi connectivity index (χ0) is 52.4. The van der Waals surface area contributed by atoms with E-state index in [1.807, 2.05) is 0 Å². The largest absolute Gasteiger partial charge is 0.508 e. The first-order valence-electron chi connectivity index (χ1n) is 22.3. The molecule has 8 amide bonds. The van der Waals surface area contributed by atoms with Crippen molar-refractivity contribution in [3.8, 4) is 5.75 Å². The number of aliphatic carboxylic acids is 2. The Bertz CT molecular complexity index is 2180. The number of phenolic OH excluding ortho intramolecular Hbond substituents is 1. The number of carbonyl (C=O) groups is 10. The summed E-state index contributed by atoms with van der Waals surface area (Å²) < 4.78 is 0. The fourth-order valence-corrected chi connectivity index (χ4v) is 7.12. The number of aromatic hydroxyl groups is 1. The van der Waals surface area contributed by atoms with Crippen LogP contribution < -0.4 is 43.0 Å². The summed E-state index contributed by atoms with van der Waals surface area (Å²) in [6.45, 7) is 3.74. The number of phenols is 1. The van der Waals surface area contributed by atoms with Crippen molar-refractivity contribution in [1.29, 1.82) is 0 Å². The molecule has 1 fully saturated rings. The number of aliphatic hydroxyl groups is 3. The second kappa shape index (κ2) is 27.1. The Hall–Kier alpha value is -7.22. The number of hydrogen-bond acceptors (Lipinski definition) is 15. The zero-order valence-corrected chi connectivity index (χ0v) is 39.0. The average molecular weight is 986 g/mol. The van der Waals surface area contributed by atoms with Gasteiger partial charge >= 0.3 is 11.9 Å². The standard InChI is InChI=1S/C45H63N9O16/c1-22(2)35(46)42(66)53-36(23(3)56)43(67)49-28(17-25-9-6-5-7-10-25)39(63)48-29(19-34(60)61)38(62)47-20-33(59)52-37(24(4)57)44(68)54-16-8-11-32(54)41(65)51-31(21-55)40(64)50-30(45(69)70)18-26-12-14-27(58)15-13-26/h5-7,9-10,12-15,22-24,28-32,35-37,55-58H,8,11,16-21,46H2,1-4H3,(H,47,62)(H,48,63)(H,49,67)(H,50,64)(H,51,65)(H,52,59)(H,53,66)(H,60,61)(H,69,70)/t23-,24-,28+,29+,30+,31+,32+,35+,36+,37+/m1/s1. The van der Waals surface area contributed by atoms with E-state index in [0.29, 0.717) is 11.1 Å². The van der Waals surface area contributed by atoms with Crippen molar-refractivity contribution in [2.24, 2.45) is 11.7 Å². The Labute approximate surface area is 402 Å². The smallest absolute Gasteiger partial charge is 0.326 e. The van der Waals surface area contributed by atoms with Gasteiger partial charge in [0.15, 0.2) is 0 Å². The van der Waals surface area contributed by atoms with Gasteiger partial charge in [-0.15, -0.1) is 0 Å². The summed E-state index contributed by atoms with van der Waals surface area (Å²) in [5, 5.41) is 75.8. The summed E-state index contributed by atoms with van der Waals surface area (Å²) in [6, 6.07) is 1.53. The van der Waals surface area contributed by atoms with Crippen molar-refractivity contribution in [1.82, 2.24) is 42.1 Å². The lowest BCUT2D eigenvalue weighted by Gasteiger charge is -2.31. The third kappa shape index (κ3) is 17.4. The minimum absolute atomic E-state index is 0.0454. The molecule has 2 aromatic rings. The van der Waals surface area contributed by atoms with Crippen LogP contribution in [0, 0.1) is 5.92 Å². The van der Waals surface area contributed by atoms with E-state index in [1.165, 1.54) is 31.2 Å². The van der Waals surface area contributed by atoms with Gasteiger partial charge in [0, 0.05) is 19.4 Å². The Morgan fingerprint density at radius 2 is 1.21 bits per heavy atom. The van der Waals surface area contributed by atoms with Crippen LogP contribution in [0.4, 0.5) is 0 Å². The third-order valence-corrected chi connectivity index (χ3v) is 11.1. The summed E-state index contributed by atoms with van der Waals surface area (Å²) in [5.41, 5.74) is 6.85. The molecule has 0 aromatic heterocycles. The molecule has 0 saturated carbocycles. The van der Waals surface area contributed by atoms with Crippen LogP contribution in [0.25, 0.3) is 0 Å². The van der Waals surface area contributed by atoms with Crippen molar-refractivity contribution in [3.05, 3.63) is 65.7 Å². The van der Waals surface area contributed by atoms with Crippen LogP contribution in [0.2, 0.25) is 0 Å². The molecule has 0 unspecified atom stereocenters. The van der Waals surface area contributed by atoms with Crippen molar-refractivity contribution in [3.63, 3.8) is 0 Å². The van der Waals surface area contributed by atoms with Gasteiger partial charge in [0.2, 0.25) is 47.3 Å². The summed E-state index contributed by atoms with van der Waals surface area (Å²) in [6.07, 6.45) is -4.22. The van der Waals surface area contributed by atoms with Crippen LogP contribution >= 0.6 is 0 Å². The molecule has 0 bridgehead atoms. The van der Waals surface area contributed by atoms with Crippen molar-refractivity contribution >= 4 is 59.2 Å². The van der Waals surface area contributed by atoms with E-state index >= 15 is 0 Å². The molecule has 0 radical (unpaired) electrons. The molecular weight excluding hydrogens is 923 g/mol. The van der Waals surface area contributed by atoms with Crippen LogP contribution in [0.15, 0.2) is 54.6 Å². The van der Waals surface area contributed by atoms with Crippen LogP contribution in [-0.2, 0) is 60.8 Å². The van der Waals surface area contributed by atoms with Crippen LogP contribution in [-0.4, -0.2) is 175 Å². The maximum atomic E-state index is 13.8. The number of carbonyl (C=O) groups excluding carboxylic acids is 8. The number of nitrogens with zero attached hydrogens (tertiary/aromatic N) is 1. The van der Waals surface area contributed by atoms with Gasteiger partial charge in [-0.2, -0.15) is 0 Å². The number of amides is 8. The van der Waals surface area contributed by atoms with E-state index < -0.39 is 139 Å². The highest BCUT2D eigenvalue weighted by Crippen LogP contribution is 2.20. The highest BCUT2D eigenvalue weighted by atomic mass is 16.4. The summed E-state index contributed by atoms with van der Waals surface area (Å²) in [5.74, 6) is -11.5. The van der Waals surface area contributed by atoms with Gasteiger partial charge in [-0.05, 0) is 55.9 Å². The van der Waals surface area contributed by atoms with Crippen molar-refractivity contribution in [2.75, 3.05) is 19.7 Å². The molecule has 25 nitrogen and oxygen atoms in total. The SMILES string of the molecule is CC(C)[C@H](N)C(=O)N[C@H](C(=O)N[C@@H](Cc1ccccc1)C(=O)N[C@@H](CC(=O)O)C(=O)NCC(=O)N[C@H](C(=O)N1CCC[C@H]1C(=O)N[C@@H](CO)C(=O)N[C@@H](Cc1ccc(O)cc1)C(=O)O)[C@@H](C)O)[C@@H](C)O. The van der Waals surface area contributed by atoms with E-state index in [-0.39, 0.29) is 43.9 Å². The minimum Gasteiger partial charge on any atom is -0.508 e. The van der Waals surface area contributed by atoms with Gasteiger partial charge < -0.3 is 78.5 Å². The quantitative estimate of drug-likeness (QED) is 0.0422. The van der Waals surface area contributed by atoms with Crippen molar-refractivity contribution < 1.29 is 78.6 Å². The highest BCUT2D eigenvalue weighted by molar-refractivity contribution is 5.98. The van der Waals surface area contributed by atoms with Crippen LogP contribution in [0.1, 0.15) is 58.1 Å². The molecule has 10 atom stereocenters. The topological polar surface area (TPSA) is 406 Å². The Morgan fingerprint density at radius 3 is 1.77 bits per heavy atom. The van der Waals surface area contributed by atoms with E-state index in [1.54, 1.807) is 44.2 Å². The Kier molecular flexibility index (Phi) is 22.1. The van der Waals surface area contributed by atoms with Gasteiger partial charge in [0.05, 0.1) is 37.8 Å². The van der Waals surface area contributed by atoms with E-state index in [0.717, 1.165) is 11.8 Å². The van der Waals surface area contributed by atoms with Gasteiger partial charge in [0.1, 0.15) is 48.0 Å². The van der Waals surface area contributed by atoms with Gasteiger partial charge in [-0.1, -0.05) is 56.3 Å². The molecule has 3 rings (SSSR count). The van der Waals surface area contributed by atoms with Crippen LogP contribution in [0.3, 0.4) is 0 Å². The number of aliphatic hydroxyl groups excluding tert-OH is 3. The molecule has 384 valence electrons. The van der Waals surface area contributed by atoms with E-state index in [2.05, 4.69) is 37.2 Å². The molecule has 1 saturated heterocycles. The highest BCUT2D eigenvalue weighted by Gasteiger charge is 2.41. The Morgan fingerprint density at radius 1 is 0.657 bits per heavy atom. The van der Waals surface area contributed by atoms with Gasteiger partial charge in [-0.3, -0.25) is 43.2 Å². The number of nitrogens with two attached hydrogens (primary N) is 1. The van der Waals surface area contributed by atoms with Gasteiger partial charge in [-0.25, -0.2) is 4.79 Å². The summed E-state index contributed by atoms with van der Waals surface area (Å²) in [7, 11) is 0. The first kappa shape index (κ1) is 57.1. The maximum Gasteiger partial charge on any atom is 0.326 e. The molecular formula is C45H63N9O16.